The van der Waals surface area contributed by atoms with E-state index in [0.29, 0.717) is 12.1 Å². The van der Waals surface area contributed by atoms with Crippen LogP contribution in [0.25, 0.3) is 0 Å². The largest absolute Gasteiger partial charge is 0.377 e. The van der Waals surface area contributed by atoms with E-state index in [4.69, 9.17) is 17.0 Å². The molecule has 20 heavy (non-hydrogen) atoms. The Bertz CT molecular complexity index is 490. The molecule has 6 heteroatoms. The summed E-state index contributed by atoms with van der Waals surface area (Å²) < 4.78 is 8.81. The molecule has 0 amide bonds. The summed E-state index contributed by atoms with van der Waals surface area (Å²) in [5.74, 6) is 1.02. The van der Waals surface area contributed by atoms with Crippen molar-refractivity contribution in [2.24, 2.45) is 0 Å². The molecule has 1 N–H and O–H groups in total. The predicted molar refractivity (Wildman–Crippen MR) is 81.8 cm³/mol. The van der Waals surface area contributed by atoms with E-state index in [-0.39, 0.29) is 0 Å². The number of aromatic amines is 1. The summed E-state index contributed by atoms with van der Waals surface area (Å²) >= 11 is 5.45. The van der Waals surface area contributed by atoms with Gasteiger partial charge in [-0.1, -0.05) is 12.8 Å². The van der Waals surface area contributed by atoms with Crippen LogP contribution in [-0.2, 0) is 4.74 Å². The predicted octanol–water partition coefficient (Wildman–Crippen LogP) is 3.06. The van der Waals surface area contributed by atoms with Crippen LogP contribution in [0.15, 0.2) is 0 Å². The summed E-state index contributed by atoms with van der Waals surface area (Å²) in [6, 6.07) is 0.531. The van der Waals surface area contributed by atoms with Crippen LogP contribution < -0.4 is 4.90 Å². The molecule has 112 valence electrons. The van der Waals surface area contributed by atoms with Crippen LogP contribution in [0.1, 0.15) is 51.5 Å². The Balaban J connectivity index is 1.81. The van der Waals surface area contributed by atoms with Crippen molar-refractivity contribution in [1.29, 1.82) is 0 Å². The lowest BCUT2D eigenvalue weighted by molar-refractivity contribution is 0.0521. The van der Waals surface area contributed by atoms with Crippen LogP contribution in [0, 0.1) is 4.77 Å². The van der Waals surface area contributed by atoms with Gasteiger partial charge in [0.25, 0.3) is 0 Å². The lowest BCUT2D eigenvalue weighted by Gasteiger charge is -2.33. The topological polar surface area (TPSA) is 46.1 Å². The van der Waals surface area contributed by atoms with E-state index in [2.05, 4.69) is 26.6 Å². The summed E-state index contributed by atoms with van der Waals surface area (Å²) in [4.78, 5) is 2.34. The first-order chi connectivity index (χ1) is 9.79. The van der Waals surface area contributed by atoms with Gasteiger partial charge in [0.05, 0.1) is 6.10 Å². The highest BCUT2D eigenvalue weighted by Crippen LogP contribution is 2.33. The van der Waals surface area contributed by atoms with Gasteiger partial charge in [0.15, 0.2) is 4.77 Å². The van der Waals surface area contributed by atoms with Gasteiger partial charge in [-0.05, 0) is 44.8 Å². The Morgan fingerprint density at radius 3 is 2.85 bits per heavy atom. The molecule has 1 aliphatic carbocycles. The van der Waals surface area contributed by atoms with Crippen molar-refractivity contribution in [3.8, 4) is 0 Å². The van der Waals surface area contributed by atoms with Gasteiger partial charge in [-0.2, -0.15) is 0 Å². The van der Waals surface area contributed by atoms with Gasteiger partial charge in [0.2, 0.25) is 5.95 Å². The zero-order valence-electron chi connectivity index (χ0n) is 12.2. The number of rotatable bonds is 4. The maximum absolute atomic E-state index is 5.79. The second kappa shape index (κ2) is 6.26. The van der Waals surface area contributed by atoms with Crippen LogP contribution >= 0.6 is 12.2 Å². The zero-order valence-corrected chi connectivity index (χ0v) is 13.0. The summed E-state index contributed by atoms with van der Waals surface area (Å²) in [5, 5.41) is 7.49. The molecular weight excluding hydrogens is 272 g/mol. The third kappa shape index (κ3) is 2.76. The van der Waals surface area contributed by atoms with E-state index in [9.17, 15) is 0 Å². The number of H-pyrrole nitrogens is 1. The van der Waals surface area contributed by atoms with Gasteiger partial charge in [0, 0.05) is 25.7 Å². The normalized spacial score (nSPS) is 24.4. The van der Waals surface area contributed by atoms with E-state index in [1.165, 1.54) is 25.7 Å². The molecule has 2 heterocycles. The van der Waals surface area contributed by atoms with Crippen molar-refractivity contribution >= 4 is 18.2 Å². The molecule has 1 aromatic heterocycles. The van der Waals surface area contributed by atoms with Gasteiger partial charge < -0.3 is 9.64 Å². The molecule has 0 spiro atoms. The Morgan fingerprint density at radius 2 is 2.10 bits per heavy atom. The average Bonchev–Trinajstić information content (AvgIpc) is 3.08. The maximum Gasteiger partial charge on any atom is 0.226 e. The number of nitrogens with zero attached hydrogens (tertiary/aromatic N) is 3. The fourth-order valence-corrected chi connectivity index (χ4v) is 3.78. The third-order valence-corrected chi connectivity index (χ3v) is 4.73. The highest BCUT2D eigenvalue weighted by atomic mass is 32.1. The minimum atomic E-state index is 0.330. The zero-order chi connectivity index (χ0) is 13.9. The van der Waals surface area contributed by atoms with Crippen LogP contribution in [-0.4, -0.2) is 40.6 Å². The molecule has 0 radical (unpaired) electrons. The quantitative estimate of drug-likeness (QED) is 0.867. The molecule has 1 saturated carbocycles. The number of aromatic nitrogens is 3. The molecule has 1 atom stereocenters. The van der Waals surface area contributed by atoms with Gasteiger partial charge in [-0.25, -0.2) is 5.10 Å². The van der Waals surface area contributed by atoms with E-state index in [0.717, 1.165) is 43.3 Å². The highest BCUT2D eigenvalue weighted by molar-refractivity contribution is 7.71. The van der Waals surface area contributed by atoms with Gasteiger partial charge in [-0.3, -0.25) is 4.57 Å². The molecule has 2 fully saturated rings. The van der Waals surface area contributed by atoms with E-state index in [1.54, 1.807) is 0 Å². The van der Waals surface area contributed by atoms with Crippen molar-refractivity contribution < 1.29 is 4.74 Å². The second-order valence-corrected chi connectivity index (χ2v) is 6.19. The number of anilines is 1. The van der Waals surface area contributed by atoms with Crippen LogP contribution in [0.2, 0.25) is 0 Å². The number of nitrogens with one attached hydrogen (secondary N) is 1. The molecule has 5 nitrogen and oxygen atoms in total. The Kier molecular flexibility index (Phi) is 4.41. The Labute approximate surface area is 125 Å². The molecule has 3 rings (SSSR count). The van der Waals surface area contributed by atoms with Crippen LogP contribution in [0.3, 0.4) is 0 Å². The standard InChI is InChI=1S/C14H24N4OS/c1-2-19-12-8-5-9-17(10-12)13-15-16-14(20)18(13)11-6-3-4-7-11/h11-12H,2-10H2,1H3,(H,16,20). The molecular formula is C14H24N4OS. The van der Waals surface area contributed by atoms with E-state index < -0.39 is 0 Å². The Hall–Kier alpha value is -0.880. The van der Waals surface area contributed by atoms with Gasteiger partial charge >= 0.3 is 0 Å². The monoisotopic (exact) mass is 296 g/mol. The lowest BCUT2D eigenvalue weighted by Crippen LogP contribution is -2.41. The smallest absolute Gasteiger partial charge is 0.226 e. The summed E-state index contributed by atoms with van der Waals surface area (Å²) in [7, 11) is 0. The first-order valence-electron chi connectivity index (χ1n) is 7.83. The number of hydrogen-bond donors (Lipinski definition) is 1. The third-order valence-electron chi connectivity index (χ3n) is 4.44. The second-order valence-electron chi connectivity index (χ2n) is 5.80. The minimum absolute atomic E-state index is 0.330. The first-order valence-corrected chi connectivity index (χ1v) is 8.24. The highest BCUT2D eigenvalue weighted by Gasteiger charge is 2.27. The molecule has 2 aliphatic rings. The maximum atomic E-state index is 5.79. The summed E-state index contributed by atoms with van der Waals surface area (Å²) in [6.07, 6.45) is 7.70. The number of hydrogen-bond acceptors (Lipinski definition) is 4. The molecule has 1 aromatic rings. The molecule has 1 aliphatic heterocycles. The minimum Gasteiger partial charge on any atom is -0.377 e. The lowest BCUT2D eigenvalue weighted by atomic mass is 10.1. The molecule has 0 bridgehead atoms. The fraction of sp³-hybridized carbons (Fsp3) is 0.857. The van der Waals surface area contributed by atoms with Crippen molar-refractivity contribution in [1.82, 2.24) is 14.8 Å². The Morgan fingerprint density at radius 1 is 1.30 bits per heavy atom. The number of ether oxygens (including phenoxy) is 1. The molecule has 1 unspecified atom stereocenters. The SMILES string of the molecule is CCOC1CCCN(c2n[nH]c(=S)n2C2CCCC2)C1. The van der Waals surface area contributed by atoms with E-state index >= 15 is 0 Å². The van der Waals surface area contributed by atoms with Gasteiger partial charge in [0.1, 0.15) is 0 Å². The van der Waals surface area contributed by atoms with Crippen molar-refractivity contribution in [2.75, 3.05) is 24.6 Å². The van der Waals surface area contributed by atoms with Gasteiger partial charge in [-0.15, -0.1) is 5.10 Å². The van der Waals surface area contributed by atoms with E-state index in [1.807, 2.05) is 0 Å². The summed E-state index contributed by atoms with van der Waals surface area (Å²) in [5.41, 5.74) is 0. The summed E-state index contributed by atoms with van der Waals surface area (Å²) in [6.45, 7) is 4.83. The molecule has 1 saturated heterocycles. The van der Waals surface area contributed by atoms with Crippen molar-refractivity contribution in [3.63, 3.8) is 0 Å². The molecule has 0 aromatic carbocycles. The first kappa shape index (κ1) is 14.1. The van der Waals surface area contributed by atoms with Crippen molar-refractivity contribution in [3.05, 3.63) is 4.77 Å². The number of piperidine rings is 1. The van der Waals surface area contributed by atoms with Crippen molar-refractivity contribution in [2.45, 2.75) is 57.6 Å². The van der Waals surface area contributed by atoms with Crippen LogP contribution in [0.4, 0.5) is 5.95 Å². The fourth-order valence-electron chi connectivity index (χ4n) is 3.50. The average molecular weight is 296 g/mol. The van der Waals surface area contributed by atoms with Crippen LogP contribution in [0.5, 0.6) is 0 Å².